The van der Waals surface area contributed by atoms with Gasteiger partial charge in [-0.15, -0.1) is 11.3 Å². The number of likely N-dealkylation sites (tertiary alicyclic amines) is 1. The molecule has 4 atom stereocenters. The van der Waals surface area contributed by atoms with Crippen molar-refractivity contribution in [2.24, 2.45) is 5.92 Å². The Morgan fingerprint density at radius 1 is 1.25 bits per heavy atom. The Kier molecular flexibility index (Phi) is 7.87. The molecule has 1 aromatic carbocycles. The van der Waals surface area contributed by atoms with E-state index in [1.54, 1.807) is 18.5 Å². The monoisotopic (exact) mass is 512 g/mol. The molecule has 1 aliphatic heterocycles. The van der Waals surface area contributed by atoms with Gasteiger partial charge in [-0.05, 0) is 30.9 Å². The Balaban J connectivity index is 1.47. The number of nitrogens with one attached hydrogen (secondary N) is 1. The molecular weight excluding hydrogens is 480 g/mol. The van der Waals surface area contributed by atoms with Crippen molar-refractivity contribution in [1.82, 2.24) is 20.4 Å². The zero-order valence-electron chi connectivity index (χ0n) is 20.8. The van der Waals surface area contributed by atoms with Gasteiger partial charge in [0.1, 0.15) is 17.7 Å². The van der Waals surface area contributed by atoms with Gasteiger partial charge in [0.25, 0.3) is 0 Å². The summed E-state index contributed by atoms with van der Waals surface area (Å²) in [6, 6.07) is 8.38. The van der Waals surface area contributed by atoms with Crippen molar-refractivity contribution in [3.05, 3.63) is 58.6 Å². The van der Waals surface area contributed by atoms with Crippen LogP contribution in [0.3, 0.4) is 0 Å². The van der Waals surface area contributed by atoms with Crippen LogP contribution in [0.25, 0.3) is 10.4 Å². The van der Waals surface area contributed by atoms with Crippen LogP contribution in [0.2, 0.25) is 0 Å². The number of carbonyl (C=O) groups excluding carboxylic acids is 2. The van der Waals surface area contributed by atoms with E-state index < -0.39 is 18.1 Å². The van der Waals surface area contributed by atoms with Gasteiger partial charge < -0.3 is 25.0 Å². The molecule has 0 aliphatic carbocycles. The van der Waals surface area contributed by atoms with Crippen LogP contribution in [0.4, 0.5) is 0 Å². The average Bonchev–Trinajstić information content (AvgIpc) is 3.58. The minimum absolute atomic E-state index is 0.0753. The van der Waals surface area contributed by atoms with E-state index in [4.69, 9.17) is 4.52 Å². The first kappa shape index (κ1) is 26.0. The van der Waals surface area contributed by atoms with Gasteiger partial charge in [-0.1, -0.05) is 43.3 Å². The summed E-state index contributed by atoms with van der Waals surface area (Å²) in [6.45, 7) is 7.49. The second kappa shape index (κ2) is 10.9. The van der Waals surface area contributed by atoms with Crippen LogP contribution in [-0.2, 0) is 16.2 Å². The summed E-state index contributed by atoms with van der Waals surface area (Å²) in [5, 5.41) is 26.7. The van der Waals surface area contributed by atoms with E-state index in [1.165, 1.54) is 16.2 Å². The number of rotatable bonds is 8. The molecule has 1 saturated heterocycles. The lowest BCUT2D eigenvalue weighted by Gasteiger charge is -2.29. The van der Waals surface area contributed by atoms with E-state index in [1.807, 2.05) is 45.0 Å². The van der Waals surface area contributed by atoms with Gasteiger partial charge in [0.15, 0.2) is 0 Å². The highest BCUT2D eigenvalue weighted by Gasteiger charge is 2.43. The summed E-state index contributed by atoms with van der Waals surface area (Å²) in [4.78, 5) is 33.4. The van der Waals surface area contributed by atoms with Crippen molar-refractivity contribution in [3.63, 3.8) is 0 Å². The lowest BCUT2D eigenvalue weighted by molar-refractivity contribution is -0.141. The topological polar surface area (TPSA) is 129 Å². The summed E-state index contributed by atoms with van der Waals surface area (Å²) in [5.41, 5.74) is 4.87. The van der Waals surface area contributed by atoms with E-state index in [-0.39, 0.29) is 43.3 Å². The molecule has 0 saturated carbocycles. The molecule has 2 amide bonds. The maximum absolute atomic E-state index is 13.5. The van der Waals surface area contributed by atoms with Crippen molar-refractivity contribution in [1.29, 1.82) is 0 Å². The number of carbonyl (C=O) groups is 2. The first-order valence-electron chi connectivity index (χ1n) is 12.0. The van der Waals surface area contributed by atoms with Crippen molar-refractivity contribution in [3.8, 4) is 10.4 Å². The molecule has 36 heavy (non-hydrogen) atoms. The zero-order valence-corrected chi connectivity index (χ0v) is 21.7. The second-order valence-corrected chi connectivity index (χ2v) is 10.5. The summed E-state index contributed by atoms with van der Waals surface area (Å²) >= 11 is 1.46. The molecule has 4 rings (SSSR count). The van der Waals surface area contributed by atoms with Crippen LogP contribution < -0.4 is 5.32 Å². The molecular formula is C26H32N4O5S. The highest BCUT2D eigenvalue weighted by atomic mass is 32.1. The third-order valence-corrected chi connectivity index (χ3v) is 7.49. The maximum Gasteiger partial charge on any atom is 0.243 e. The minimum atomic E-state index is -0.774. The van der Waals surface area contributed by atoms with Crippen molar-refractivity contribution in [2.75, 3.05) is 6.54 Å². The van der Waals surface area contributed by atoms with E-state index in [2.05, 4.69) is 15.5 Å². The molecule has 0 unspecified atom stereocenters. The summed E-state index contributed by atoms with van der Waals surface area (Å²) in [6.07, 6.45) is -0.595. The number of amides is 2. The number of aliphatic hydroxyl groups is 2. The predicted octanol–water partition coefficient (Wildman–Crippen LogP) is 3.18. The standard InChI is InChI=1S/C26H32N4O5S/c1-14(2)23(22-9-15(3)29-35-22)26(34)30-11-19(32)10-21(30)25(33)28-16(4)17-5-7-18(8-6-17)24-20(12-31)27-13-36-24/h5-9,13-14,16,19,21,23,31-32H,10-12H2,1-4H3,(H,28,33)/t16-,19+,21-,23+/m0/s1. The lowest BCUT2D eigenvalue weighted by Crippen LogP contribution is -2.48. The van der Waals surface area contributed by atoms with E-state index >= 15 is 0 Å². The fraction of sp³-hybridized carbons (Fsp3) is 0.462. The summed E-state index contributed by atoms with van der Waals surface area (Å²) in [5.74, 6) is -0.760. The molecule has 0 spiro atoms. The summed E-state index contributed by atoms with van der Waals surface area (Å²) in [7, 11) is 0. The molecule has 3 aromatic rings. The Morgan fingerprint density at radius 3 is 2.58 bits per heavy atom. The van der Waals surface area contributed by atoms with E-state index in [0.29, 0.717) is 17.1 Å². The molecule has 10 heteroatoms. The number of thiazole rings is 1. The van der Waals surface area contributed by atoms with Crippen LogP contribution in [0.1, 0.15) is 61.9 Å². The number of hydrogen-bond donors (Lipinski definition) is 3. The Bertz CT molecular complexity index is 1210. The van der Waals surface area contributed by atoms with Crippen molar-refractivity contribution < 1.29 is 24.3 Å². The van der Waals surface area contributed by atoms with Gasteiger partial charge in [-0.3, -0.25) is 9.59 Å². The molecule has 2 aromatic heterocycles. The molecule has 192 valence electrons. The number of aromatic nitrogens is 2. The SMILES string of the molecule is Cc1cc([C@H](C(=O)N2C[C@H](O)C[C@H]2C(=O)N[C@@H](C)c2ccc(-c3scnc3CO)cc2)C(C)C)on1. The Labute approximate surface area is 214 Å². The number of benzene rings is 1. The first-order chi connectivity index (χ1) is 17.2. The van der Waals surface area contributed by atoms with E-state index in [0.717, 1.165) is 16.0 Å². The average molecular weight is 513 g/mol. The number of nitrogens with zero attached hydrogens (tertiary/aromatic N) is 3. The van der Waals surface area contributed by atoms with Gasteiger partial charge in [0.05, 0.1) is 40.5 Å². The summed E-state index contributed by atoms with van der Waals surface area (Å²) < 4.78 is 5.39. The Morgan fingerprint density at radius 2 is 1.97 bits per heavy atom. The number of hydrogen-bond acceptors (Lipinski definition) is 8. The van der Waals surface area contributed by atoms with Crippen LogP contribution in [0, 0.1) is 12.8 Å². The predicted molar refractivity (Wildman–Crippen MR) is 135 cm³/mol. The molecule has 3 N–H and O–H groups in total. The molecule has 9 nitrogen and oxygen atoms in total. The molecule has 1 aliphatic rings. The van der Waals surface area contributed by atoms with Gasteiger partial charge in [0, 0.05) is 19.0 Å². The quantitative estimate of drug-likeness (QED) is 0.423. The largest absolute Gasteiger partial charge is 0.391 e. The van der Waals surface area contributed by atoms with Crippen molar-refractivity contribution in [2.45, 2.75) is 64.8 Å². The zero-order chi connectivity index (χ0) is 26.0. The second-order valence-electron chi connectivity index (χ2n) is 9.63. The van der Waals surface area contributed by atoms with E-state index in [9.17, 15) is 19.8 Å². The lowest BCUT2D eigenvalue weighted by atomic mass is 9.91. The fourth-order valence-electron chi connectivity index (χ4n) is 4.68. The third kappa shape index (κ3) is 5.35. The highest BCUT2D eigenvalue weighted by molar-refractivity contribution is 7.13. The highest BCUT2D eigenvalue weighted by Crippen LogP contribution is 2.32. The maximum atomic E-state index is 13.5. The van der Waals surface area contributed by atoms with Gasteiger partial charge in [-0.25, -0.2) is 4.98 Å². The molecule has 1 fully saturated rings. The van der Waals surface area contributed by atoms with Crippen LogP contribution >= 0.6 is 11.3 Å². The molecule has 3 heterocycles. The normalized spacial score (nSPS) is 19.5. The number of aliphatic hydroxyl groups excluding tert-OH is 2. The minimum Gasteiger partial charge on any atom is -0.391 e. The molecule has 0 bridgehead atoms. The smallest absolute Gasteiger partial charge is 0.243 e. The van der Waals surface area contributed by atoms with Crippen LogP contribution in [0.15, 0.2) is 40.4 Å². The van der Waals surface area contributed by atoms with Crippen molar-refractivity contribution >= 4 is 23.2 Å². The fourth-order valence-corrected chi connectivity index (χ4v) is 5.49. The van der Waals surface area contributed by atoms with Gasteiger partial charge >= 0.3 is 0 Å². The molecule has 0 radical (unpaired) electrons. The van der Waals surface area contributed by atoms with Gasteiger partial charge in [-0.2, -0.15) is 0 Å². The van der Waals surface area contributed by atoms with Crippen LogP contribution in [0.5, 0.6) is 0 Å². The third-order valence-electron chi connectivity index (χ3n) is 6.57. The Hall–Kier alpha value is -3.08. The van der Waals surface area contributed by atoms with Crippen LogP contribution in [-0.4, -0.2) is 55.8 Å². The number of aryl methyl sites for hydroxylation is 1. The number of β-amino-alcohol motifs (C(OH)–C–C–N with tert-alkyl or cyclic N) is 1. The van der Waals surface area contributed by atoms with Gasteiger partial charge in [0.2, 0.25) is 11.8 Å². The first-order valence-corrected chi connectivity index (χ1v) is 12.9.